The lowest BCUT2D eigenvalue weighted by molar-refractivity contribution is 0.113. The van der Waals surface area contributed by atoms with Gasteiger partial charge in [-0.1, -0.05) is 30.3 Å². The maximum absolute atomic E-state index is 13.8. The van der Waals surface area contributed by atoms with Gasteiger partial charge in [0.2, 0.25) is 0 Å². The number of hydrogen-bond acceptors (Lipinski definition) is 2. The van der Waals surface area contributed by atoms with Crippen molar-refractivity contribution in [2.45, 2.75) is 18.4 Å². The molecule has 1 aliphatic rings. The predicted molar refractivity (Wildman–Crippen MR) is 70.6 cm³/mol. The number of benzene rings is 2. The van der Waals surface area contributed by atoms with Crippen LogP contribution in [-0.2, 0) is 0 Å². The van der Waals surface area contributed by atoms with E-state index in [0.717, 1.165) is 11.6 Å². The number of aliphatic hydroxyl groups excluding tert-OH is 1. The van der Waals surface area contributed by atoms with Crippen LogP contribution in [0.3, 0.4) is 0 Å². The van der Waals surface area contributed by atoms with E-state index in [0.29, 0.717) is 18.8 Å². The van der Waals surface area contributed by atoms with Gasteiger partial charge in [-0.25, -0.2) is 8.78 Å². The first kappa shape index (κ1) is 13.1. The van der Waals surface area contributed by atoms with Crippen LogP contribution in [0.25, 0.3) is 0 Å². The molecule has 0 radical (unpaired) electrons. The average molecular weight is 276 g/mol. The van der Waals surface area contributed by atoms with E-state index >= 15 is 0 Å². The standard InChI is InChI=1S/C16H14F2O2/c17-13-6-3-5-12(15(13)18)16(19)11-8-9-20-14-7-2-1-4-10(11)14/h1-7,11,16,19H,8-9H2. The minimum atomic E-state index is -1.09. The van der Waals surface area contributed by atoms with E-state index in [-0.39, 0.29) is 11.5 Å². The van der Waals surface area contributed by atoms with Gasteiger partial charge < -0.3 is 9.84 Å². The molecule has 2 nitrogen and oxygen atoms in total. The zero-order valence-corrected chi connectivity index (χ0v) is 10.7. The number of hydrogen-bond donors (Lipinski definition) is 1. The molecule has 1 aliphatic heterocycles. The molecule has 2 atom stereocenters. The summed E-state index contributed by atoms with van der Waals surface area (Å²) in [6, 6.07) is 11.2. The number of rotatable bonds is 2. The molecular formula is C16H14F2O2. The molecule has 104 valence electrons. The van der Waals surface area contributed by atoms with Crippen LogP contribution in [0, 0.1) is 11.6 Å². The van der Waals surface area contributed by atoms with Crippen molar-refractivity contribution in [2.24, 2.45) is 0 Å². The zero-order valence-electron chi connectivity index (χ0n) is 10.7. The second-order valence-electron chi connectivity index (χ2n) is 4.87. The summed E-state index contributed by atoms with van der Waals surface area (Å²) < 4.78 is 32.6. The van der Waals surface area contributed by atoms with Crippen LogP contribution in [0.4, 0.5) is 8.78 Å². The Bertz CT molecular complexity index is 628. The molecule has 0 aliphatic carbocycles. The minimum absolute atomic E-state index is 0.00768. The van der Waals surface area contributed by atoms with Gasteiger partial charge in [0, 0.05) is 17.0 Å². The molecule has 0 fully saturated rings. The van der Waals surface area contributed by atoms with Crippen molar-refractivity contribution < 1.29 is 18.6 Å². The molecule has 1 heterocycles. The summed E-state index contributed by atoms with van der Waals surface area (Å²) in [4.78, 5) is 0. The molecule has 1 N–H and O–H groups in total. The molecule has 0 spiro atoms. The molecule has 20 heavy (non-hydrogen) atoms. The van der Waals surface area contributed by atoms with Gasteiger partial charge in [-0.2, -0.15) is 0 Å². The summed E-state index contributed by atoms with van der Waals surface area (Å²) in [6.07, 6.45) is -0.524. The van der Waals surface area contributed by atoms with Gasteiger partial charge in [0.15, 0.2) is 11.6 Å². The van der Waals surface area contributed by atoms with E-state index in [2.05, 4.69) is 0 Å². The Labute approximate surface area is 115 Å². The summed E-state index contributed by atoms with van der Waals surface area (Å²) in [7, 11) is 0. The van der Waals surface area contributed by atoms with Crippen molar-refractivity contribution >= 4 is 0 Å². The summed E-state index contributed by atoms with van der Waals surface area (Å²) in [5, 5.41) is 10.4. The Balaban J connectivity index is 2.00. The number of halogens is 2. The van der Waals surface area contributed by atoms with Gasteiger partial charge >= 0.3 is 0 Å². The highest BCUT2D eigenvalue weighted by Crippen LogP contribution is 2.41. The van der Waals surface area contributed by atoms with Crippen LogP contribution in [0.15, 0.2) is 42.5 Å². The Morgan fingerprint density at radius 3 is 2.75 bits per heavy atom. The highest BCUT2D eigenvalue weighted by molar-refractivity contribution is 5.40. The lowest BCUT2D eigenvalue weighted by Crippen LogP contribution is -2.20. The third-order valence-corrected chi connectivity index (χ3v) is 3.69. The maximum atomic E-state index is 13.8. The Morgan fingerprint density at radius 1 is 1.10 bits per heavy atom. The van der Waals surface area contributed by atoms with Gasteiger partial charge in [-0.3, -0.25) is 0 Å². The van der Waals surface area contributed by atoms with Crippen LogP contribution in [0.5, 0.6) is 5.75 Å². The van der Waals surface area contributed by atoms with Crippen LogP contribution in [-0.4, -0.2) is 11.7 Å². The first-order valence-electron chi connectivity index (χ1n) is 6.52. The lowest BCUT2D eigenvalue weighted by atomic mass is 9.85. The molecule has 0 aromatic heterocycles. The predicted octanol–water partition coefficient (Wildman–Crippen LogP) is 3.56. The van der Waals surface area contributed by atoms with Crippen molar-refractivity contribution in [2.75, 3.05) is 6.61 Å². The second kappa shape index (κ2) is 5.21. The van der Waals surface area contributed by atoms with Crippen molar-refractivity contribution in [1.82, 2.24) is 0 Å². The maximum Gasteiger partial charge on any atom is 0.164 e. The van der Waals surface area contributed by atoms with Crippen molar-refractivity contribution in [3.8, 4) is 5.75 Å². The number of para-hydroxylation sites is 1. The summed E-state index contributed by atoms with van der Waals surface area (Å²) in [5.41, 5.74) is 0.821. The van der Waals surface area contributed by atoms with Gasteiger partial charge in [-0.15, -0.1) is 0 Å². The average Bonchev–Trinajstić information content (AvgIpc) is 2.49. The molecule has 4 heteroatoms. The van der Waals surface area contributed by atoms with Crippen LogP contribution in [0.2, 0.25) is 0 Å². The molecule has 2 aromatic rings. The van der Waals surface area contributed by atoms with Crippen LogP contribution >= 0.6 is 0 Å². The fourth-order valence-corrected chi connectivity index (χ4v) is 2.66. The third-order valence-electron chi connectivity index (χ3n) is 3.69. The van der Waals surface area contributed by atoms with E-state index < -0.39 is 17.7 Å². The molecule has 0 amide bonds. The first-order chi connectivity index (χ1) is 9.68. The number of aliphatic hydroxyl groups is 1. The smallest absolute Gasteiger partial charge is 0.164 e. The lowest BCUT2D eigenvalue weighted by Gasteiger charge is -2.29. The topological polar surface area (TPSA) is 29.5 Å². The monoisotopic (exact) mass is 276 g/mol. The largest absolute Gasteiger partial charge is 0.493 e. The second-order valence-corrected chi connectivity index (χ2v) is 4.87. The van der Waals surface area contributed by atoms with Gasteiger partial charge in [0.1, 0.15) is 5.75 Å². The van der Waals surface area contributed by atoms with Crippen molar-refractivity contribution in [3.05, 3.63) is 65.2 Å². The molecule has 2 unspecified atom stereocenters. The normalized spacial score (nSPS) is 19.1. The van der Waals surface area contributed by atoms with Crippen molar-refractivity contribution in [3.63, 3.8) is 0 Å². The van der Waals surface area contributed by atoms with Crippen LogP contribution in [0.1, 0.15) is 29.6 Å². The van der Waals surface area contributed by atoms with Gasteiger partial charge in [0.05, 0.1) is 12.7 Å². The van der Waals surface area contributed by atoms with Crippen LogP contribution < -0.4 is 4.74 Å². The van der Waals surface area contributed by atoms with Gasteiger partial charge in [-0.05, 0) is 18.6 Å². The summed E-state index contributed by atoms with van der Waals surface area (Å²) >= 11 is 0. The Kier molecular flexibility index (Phi) is 3.40. The van der Waals surface area contributed by atoms with E-state index in [9.17, 15) is 13.9 Å². The fraction of sp³-hybridized carbons (Fsp3) is 0.250. The molecular weight excluding hydrogens is 262 g/mol. The minimum Gasteiger partial charge on any atom is -0.493 e. The van der Waals surface area contributed by atoms with Crippen molar-refractivity contribution in [1.29, 1.82) is 0 Å². The van der Waals surface area contributed by atoms with E-state index in [1.165, 1.54) is 12.1 Å². The number of fused-ring (bicyclic) bond motifs is 1. The highest BCUT2D eigenvalue weighted by atomic mass is 19.2. The fourth-order valence-electron chi connectivity index (χ4n) is 2.66. The molecule has 0 saturated carbocycles. The Hall–Kier alpha value is -1.94. The van der Waals surface area contributed by atoms with E-state index in [1.54, 1.807) is 0 Å². The SMILES string of the molecule is OC(c1cccc(F)c1F)C1CCOc2ccccc21. The quantitative estimate of drug-likeness (QED) is 0.908. The summed E-state index contributed by atoms with van der Waals surface area (Å²) in [6.45, 7) is 0.454. The zero-order chi connectivity index (χ0) is 14.1. The Morgan fingerprint density at radius 2 is 1.90 bits per heavy atom. The highest BCUT2D eigenvalue weighted by Gasteiger charge is 2.30. The third kappa shape index (κ3) is 2.16. The molecule has 0 saturated heterocycles. The van der Waals surface area contributed by atoms with E-state index in [4.69, 9.17) is 4.74 Å². The summed E-state index contributed by atoms with van der Waals surface area (Å²) in [5.74, 6) is -1.53. The van der Waals surface area contributed by atoms with E-state index in [1.807, 2.05) is 24.3 Å². The van der Waals surface area contributed by atoms with Gasteiger partial charge in [0.25, 0.3) is 0 Å². The molecule has 3 rings (SSSR count). The molecule has 0 bridgehead atoms. The molecule has 2 aromatic carbocycles. The number of ether oxygens (including phenoxy) is 1. The first-order valence-corrected chi connectivity index (χ1v) is 6.52.